The van der Waals surface area contributed by atoms with E-state index in [-0.39, 0.29) is 5.56 Å². The molecule has 2 aromatic carbocycles. The Bertz CT molecular complexity index is 1010. The number of rotatable bonds is 8. The summed E-state index contributed by atoms with van der Waals surface area (Å²) >= 11 is 1.29. The summed E-state index contributed by atoms with van der Waals surface area (Å²) in [6.45, 7) is -0.463. The Hall–Kier alpha value is -3.59. The van der Waals surface area contributed by atoms with E-state index in [2.05, 4.69) is 10.3 Å². The first kappa shape index (κ1) is 21.1. The van der Waals surface area contributed by atoms with E-state index in [1.807, 2.05) is 35.7 Å². The molecular weight excluding hydrogens is 408 g/mol. The third kappa shape index (κ3) is 4.87. The third-order valence-electron chi connectivity index (χ3n) is 4.05. The fraction of sp³-hybridized carbons (Fsp3) is 0.190. The van der Waals surface area contributed by atoms with E-state index < -0.39 is 18.5 Å². The molecule has 8 nitrogen and oxygen atoms in total. The van der Waals surface area contributed by atoms with Crippen LogP contribution in [0.3, 0.4) is 0 Å². The summed E-state index contributed by atoms with van der Waals surface area (Å²) in [7, 11) is 4.35. The Kier molecular flexibility index (Phi) is 6.87. The molecule has 3 aromatic rings. The number of ether oxygens (including phenoxy) is 4. The highest BCUT2D eigenvalue weighted by atomic mass is 32.1. The van der Waals surface area contributed by atoms with Gasteiger partial charge in [-0.15, -0.1) is 11.3 Å². The van der Waals surface area contributed by atoms with Crippen LogP contribution in [0.2, 0.25) is 0 Å². The summed E-state index contributed by atoms with van der Waals surface area (Å²) in [5, 5.41) is 4.88. The van der Waals surface area contributed by atoms with Crippen LogP contribution in [0.15, 0.2) is 47.8 Å². The Labute approximate surface area is 177 Å². The molecule has 3 rings (SSSR count). The second-order valence-corrected chi connectivity index (χ2v) is 6.80. The lowest BCUT2D eigenvalue weighted by Crippen LogP contribution is -2.21. The minimum Gasteiger partial charge on any atom is -0.493 e. The minimum atomic E-state index is -0.700. The maximum Gasteiger partial charge on any atom is 0.338 e. The van der Waals surface area contributed by atoms with Crippen LogP contribution in [0.4, 0.5) is 5.13 Å². The highest BCUT2D eigenvalue weighted by Crippen LogP contribution is 2.38. The SMILES string of the molecule is COc1cc(C(=O)OCC(=O)Nc2nc(-c3ccccc3)cs2)cc(OC)c1OC. The number of thiazole rings is 1. The molecule has 156 valence electrons. The Morgan fingerprint density at radius 3 is 2.27 bits per heavy atom. The third-order valence-corrected chi connectivity index (χ3v) is 4.81. The highest BCUT2D eigenvalue weighted by Gasteiger charge is 2.19. The van der Waals surface area contributed by atoms with Gasteiger partial charge in [-0.05, 0) is 12.1 Å². The van der Waals surface area contributed by atoms with Crippen LogP contribution in [0, 0.1) is 0 Å². The zero-order chi connectivity index (χ0) is 21.5. The van der Waals surface area contributed by atoms with Gasteiger partial charge in [0.05, 0.1) is 32.6 Å². The molecule has 0 unspecified atom stereocenters. The molecule has 1 heterocycles. The molecule has 0 radical (unpaired) electrons. The smallest absolute Gasteiger partial charge is 0.338 e. The van der Waals surface area contributed by atoms with Gasteiger partial charge in [0, 0.05) is 10.9 Å². The van der Waals surface area contributed by atoms with E-state index in [9.17, 15) is 9.59 Å². The Morgan fingerprint density at radius 1 is 1.00 bits per heavy atom. The van der Waals surface area contributed by atoms with E-state index in [1.165, 1.54) is 44.8 Å². The number of esters is 1. The highest BCUT2D eigenvalue weighted by molar-refractivity contribution is 7.14. The van der Waals surface area contributed by atoms with Crippen LogP contribution in [0.5, 0.6) is 17.2 Å². The normalized spacial score (nSPS) is 10.2. The van der Waals surface area contributed by atoms with Crippen molar-refractivity contribution < 1.29 is 28.5 Å². The van der Waals surface area contributed by atoms with E-state index in [0.717, 1.165) is 11.3 Å². The summed E-state index contributed by atoms with van der Waals surface area (Å²) in [5.41, 5.74) is 1.87. The van der Waals surface area contributed by atoms with Crippen molar-refractivity contribution in [2.24, 2.45) is 0 Å². The van der Waals surface area contributed by atoms with Gasteiger partial charge in [0.15, 0.2) is 23.2 Å². The van der Waals surface area contributed by atoms with Gasteiger partial charge >= 0.3 is 5.97 Å². The van der Waals surface area contributed by atoms with Crippen LogP contribution in [0.25, 0.3) is 11.3 Å². The fourth-order valence-corrected chi connectivity index (χ4v) is 3.38. The maximum atomic E-state index is 12.4. The topological polar surface area (TPSA) is 96.0 Å². The van der Waals surface area contributed by atoms with Gasteiger partial charge in [-0.2, -0.15) is 0 Å². The molecule has 0 spiro atoms. The Balaban J connectivity index is 1.61. The second-order valence-electron chi connectivity index (χ2n) is 5.94. The van der Waals surface area contributed by atoms with Crippen LogP contribution in [-0.4, -0.2) is 44.8 Å². The quantitative estimate of drug-likeness (QED) is 0.547. The van der Waals surface area contributed by atoms with E-state index in [4.69, 9.17) is 18.9 Å². The van der Waals surface area contributed by atoms with Gasteiger partial charge in [0.2, 0.25) is 5.75 Å². The molecular formula is C21H20N2O6S. The van der Waals surface area contributed by atoms with Crippen molar-refractivity contribution in [3.05, 3.63) is 53.4 Å². The molecule has 9 heteroatoms. The standard InChI is InChI=1S/C21H20N2O6S/c1-26-16-9-14(10-17(27-2)19(16)28-3)20(25)29-11-18(24)23-21-22-15(12-30-21)13-7-5-4-6-8-13/h4-10,12H,11H2,1-3H3,(H,22,23,24). The summed E-state index contributed by atoms with van der Waals surface area (Å²) in [5.74, 6) is -0.223. The molecule has 1 amide bonds. The predicted octanol–water partition coefficient (Wildman–Crippen LogP) is 3.63. The first-order chi connectivity index (χ1) is 14.5. The number of hydrogen-bond acceptors (Lipinski definition) is 8. The van der Waals surface area contributed by atoms with Gasteiger partial charge in [-0.3, -0.25) is 10.1 Å². The van der Waals surface area contributed by atoms with Gasteiger partial charge in [0.1, 0.15) is 0 Å². The predicted molar refractivity (Wildman–Crippen MR) is 113 cm³/mol. The van der Waals surface area contributed by atoms with E-state index in [0.29, 0.717) is 22.4 Å². The number of amides is 1. The van der Waals surface area contributed by atoms with Crippen LogP contribution in [-0.2, 0) is 9.53 Å². The molecule has 0 aliphatic carbocycles. The zero-order valence-corrected chi connectivity index (χ0v) is 17.4. The summed E-state index contributed by atoms with van der Waals surface area (Å²) < 4.78 is 20.7. The average molecular weight is 428 g/mol. The first-order valence-electron chi connectivity index (χ1n) is 8.83. The van der Waals surface area contributed by atoms with Crippen molar-refractivity contribution in [3.63, 3.8) is 0 Å². The number of anilines is 1. The summed E-state index contributed by atoms with van der Waals surface area (Å²) in [6, 6.07) is 12.5. The number of benzene rings is 2. The van der Waals surface area contributed by atoms with Crippen molar-refractivity contribution in [2.75, 3.05) is 33.3 Å². The number of aromatic nitrogens is 1. The van der Waals surface area contributed by atoms with Crippen LogP contribution < -0.4 is 19.5 Å². The van der Waals surface area contributed by atoms with Crippen molar-refractivity contribution >= 4 is 28.3 Å². The van der Waals surface area contributed by atoms with Gasteiger partial charge in [0.25, 0.3) is 5.91 Å². The lowest BCUT2D eigenvalue weighted by molar-refractivity contribution is -0.119. The molecule has 1 aromatic heterocycles. The average Bonchev–Trinajstić information content (AvgIpc) is 3.25. The number of nitrogens with one attached hydrogen (secondary N) is 1. The van der Waals surface area contributed by atoms with Crippen molar-refractivity contribution in [1.82, 2.24) is 4.98 Å². The summed E-state index contributed by atoms with van der Waals surface area (Å²) in [6.07, 6.45) is 0. The van der Waals surface area contributed by atoms with Gasteiger partial charge < -0.3 is 18.9 Å². The molecule has 0 bridgehead atoms. The minimum absolute atomic E-state index is 0.165. The molecule has 0 fully saturated rings. The van der Waals surface area contributed by atoms with Crippen molar-refractivity contribution in [1.29, 1.82) is 0 Å². The second kappa shape index (κ2) is 9.75. The number of nitrogens with zero attached hydrogens (tertiary/aromatic N) is 1. The van der Waals surface area contributed by atoms with Crippen LogP contribution in [0.1, 0.15) is 10.4 Å². The largest absolute Gasteiger partial charge is 0.493 e. The van der Waals surface area contributed by atoms with Crippen molar-refractivity contribution in [3.8, 4) is 28.5 Å². The molecule has 0 aliphatic rings. The number of methoxy groups -OCH3 is 3. The molecule has 0 atom stereocenters. The lowest BCUT2D eigenvalue weighted by atomic mass is 10.2. The lowest BCUT2D eigenvalue weighted by Gasteiger charge is -2.13. The van der Waals surface area contributed by atoms with E-state index >= 15 is 0 Å². The molecule has 30 heavy (non-hydrogen) atoms. The zero-order valence-electron chi connectivity index (χ0n) is 16.6. The number of carbonyl (C=O) groups excluding carboxylic acids is 2. The first-order valence-corrected chi connectivity index (χ1v) is 9.71. The monoisotopic (exact) mass is 428 g/mol. The molecule has 0 saturated carbocycles. The number of carbonyl (C=O) groups is 2. The van der Waals surface area contributed by atoms with Crippen LogP contribution >= 0.6 is 11.3 Å². The summed E-state index contributed by atoms with van der Waals surface area (Å²) in [4.78, 5) is 28.9. The van der Waals surface area contributed by atoms with E-state index in [1.54, 1.807) is 0 Å². The Morgan fingerprint density at radius 2 is 1.67 bits per heavy atom. The molecule has 1 N–H and O–H groups in total. The fourth-order valence-electron chi connectivity index (χ4n) is 2.64. The maximum absolute atomic E-state index is 12.4. The van der Waals surface area contributed by atoms with Gasteiger partial charge in [-0.25, -0.2) is 9.78 Å². The molecule has 0 saturated heterocycles. The van der Waals surface area contributed by atoms with Crippen molar-refractivity contribution in [2.45, 2.75) is 0 Å². The van der Waals surface area contributed by atoms with Gasteiger partial charge in [-0.1, -0.05) is 30.3 Å². The molecule has 0 aliphatic heterocycles. The number of hydrogen-bond donors (Lipinski definition) is 1.